The standard InChI is InChI=1S/C8H5ClS/c9-7-5-10-8-4-2-1-3-6(7)8/h1-5H. The molecule has 0 amide bonds. The first-order valence-corrected chi connectivity index (χ1v) is 4.25. The van der Waals surface area contributed by atoms with Crippen molar-refractivity contribution in [3.05, 3.63) is 34.7 Å². The molecule has 0 N–H and O–H groups in total. The highest BCUT2D eigenvalue weighted by atomic mass is 35.5. The smallest absolute Gasteiger partial charge is 0.0591 e. The lowest BCUT2D eigenvalue weighted by molar-refractivity contribution is 1.85. The number of benzene rings is 1. The van der Waals surface area contributed by atoms with E-state index in [1.54, 1.807) is 11.3 Å². The molecule has 0 aliphatic heterocycles. The van der Waals surface area contributed by atoms with Crippen LogP contribution in [0.15, 0.2) is 29.6 Å². The summed E-state index contributed by atoms with van der Waals surface area (Å²) in [6, 6.07) is 8.14. The molecule has 2 rings (SSSR count). The Kier molecular flexibility index (Phi) is 1.40. The van der Waals surface area contributed by atoms with Crippen LogP contribution >= 0.6 is 22.9 Å². The van der Waals surface area contributed by atoms with Crippen LogP contribution in [0, 0.1) is 0 Å². The van der Waals surface area contributed by atoms with Gasteiger partial charge in [0.25, 0.3) is 0 Å². The third kappa shape index (κ3) is 0.825. The Morgan fingerprint density at radius 2 is 2.00 bits per heavy atom. The lowest BCUT2D eigenvalue weighted by Crippen LogP contribution is -1.59. The van der Waals surface area contributed by atoms with Gasteiger partial charge in [0.15, 0.2) is 0 Å². The summed E-state index contributed by atoms with van der Waals surface area (Å²) in [5.74, 6) is 0. The maximum Gasteiger partial charge on any atom is 0.0591 e. The van der Waals surface area contributed by atoms with Gasteiger partial charge < -0.3 is 0 Å². The molecule has 0 saturated heterocycles. The first kappa shape index (κ1) is 6.20. The van der Waals surface area contributed by atoms with Gasteiger partial charge in [-0.15, -0.1) is 11.3 Å². The minimum absolute atomic E-state index is 0.862. The average molecular weight is 169 g/mol. The fraction of sp³-hybridized carbons (Fsp3) is 0. The molecule has 0 aliphatic rings. The van der Waals surface area contributed by atoms with Crippen LogP contribution in [-0.2, 0) is 0 Å². The van der Waals surface area contributed by atoms with Crippen LogP contribution in [0.1, 0.15) is 0 Å². The van der Waals surface area contributed by atoms with E-state index in [0.717, 1.165) is 10.4 Å². The minimum Gasteiger partial charge on any atom is -0.142 e. The summed E-state index contributed by atoms with van der Waals surface area (Å²) in [4.78, 5) is 0. The van der Waals surface area contributed by atoms with E-state index < -0.39 is 0 Å². The highest BCUT2D eigenvalue weighted by molar-refractivity contribution is 7.17. The van der Waals surface area contributed by atoms with Gasteiger partial charge in [0.1, 0.15) is 0 Å². The fourth-order valence-corrected chi connectivity index (χ4v) is 2.12. The van der Waals surface area contributed by atoms with Crippen LogP contribution in [0.4, 0.5) is 0 Å². The first-order chi connectivity index (χ1) is 4.88. The maximum absolute atomic E-state index is 5.88. The minimum atomic E-state index is 0.862. The van der Waals surface area contributed by atoms with Crippen LogP contribution in [0.25, 0.3) is 10.1 Å². The van der Waals surface area contributed by atoms with E-state index >= 15 is 0 Å². The molecule has 1 heterocycles. The molecule has 2 heteroatoms. The molecule has 50 valence electrons. The Labute approximate surface area is 68.1 Å². The van der Waals surface area contributed by atoms with Gasteiger partial charge in [0, 0.05) is 15.5 Å². The Hall–Kier alpha value is -0.530. The number of rotatable bonds is 0. The summed E-state index contributed by atoms with van der Waals surface area (Å²) in [5, 5.41) is 3.99. The molecule has 0 radical (unpaired) electrons. The molecule has 1 aromatic carbocycles. The third-order valence-corrected chi connectivity index (χ3v) is 2.84. The normalized spacial score (nSPS) is 10.5. The second-order valence-corrected chi connectivity index (χ2v) is 3.40. The van der Waals surface area contributed by atoms with Crippen molar-refractivity contribution >= 4 is 33.0 Å². The van der Waals surface area contributed by atoms with Crippen molar-refractivity contribution < 1.29 is 0 Å². The molecular formula is C8H5ClS. The number of fused-ring (bicyclic) bond motifs is 1. The van der Waals surface area contributed by atoms with Crippen LogP contribution in [0.5, 0.6) is 0 Å². The van der Waals surface area contributed by atoms with Gasteiger partial charge in [0.05, 0.1) is 5.02 Å². The van der Waals surface area contributed by atoms with Gasteiger partial charge in [0.2, 0.25) is 0 Å². The molecule has 2 aromatic rings. The van der Waals surface area contributed by atoms with E-state index in [-0.39, 0.29) is 0 Å². The van der Waals surface area contributed by atoms with Crippen molar-refractivity contribution in [3.8, 4) is 0 Å². The zero-order valence-corrected chi connectivity index (χ0v) is 6.75. The second kappa shape index (κ2) is 2.26. The summed E-state index contributed by atoms with van der Waals surface area (Å²) < 4.78 is 1.26. The summed E-state index contributed by atoms with van der Waals surface area (Å²) in [5.41, 5.74) is 0. The number of hydrogen-bond donors (Lipinski definition) is 0. The highest BCUT2D eigenvalue weighted by Gasteiger charge is 1.97. The van der Waals surface area contributed by atoms with Crippen molar-refractivity contribution in [1.29, 1.82) is 0 Å². The van der Waals surface area contributed by atoms with Gasteiger partial charge in [-0.1, -0.05) is 29.8 Å². The summed E-state index contributed by atoms with van der Waals surface area (Å²) in [7, 11) is 0. The summed E-state index contributed by atoms with van der Waals surface area (Å²) in [6.45, 7) is 0. The number of hydrogen-bond acceptors (Lipinski definition) is 1. The van der Waals surface area contributed by atoms with Crippen molar-refractivity contribution in [2.24, 2.45) is 0 Å². The molecule has 10 heavy (non-hydrogen) atoms. The van der Waals surface area contributed by atoms with E-state index in [0.29, 0.717) is 0 Å². The molecule has 0 unspecified atom stereocenters. The maximum atomic E-state index is 5.88. The highest BCUT2D eigenvalue weighted by Crippen LogP contribution is 2.28. The largest absolute Gasteiger partial charge is 0.142 e. The van der Waals surface area contributed by atoms with E-state index in [1.807, 2.05) is 23.6 Å². The van der Waals surface area contributed by atoms with Crippen molar-refractivity contribution in [3.63, 3.8) is 0 Å². The molecule has 0 saturated carbocycles. The molecule has 0 spiro atoms. The van der Waals surface area contributed by atoms with Crippen molar-refractivity contribution in [1.82, 2.24) is 0 Å². The number of halogens is 1. The van der Waals surface area contributed by atoms with Gasteiger partial charge in [-0.05, 0) is 6.07 Å². The van der Waals surface area contributed by atoms with Crippen LogP contribution in [0.2, 0.25) is 5.02 Å². The predicted molar refractivity (Wildman–Crippen MR) is 46.8 cm³/mol. The first-order valence-electron chi connectivity index (χ1n) is 2.99. The van der Waals surface area contributed by atoms with E-state index in [9.17, 15) is 0 Å². The SMILES string of the molecule is Clc1csc2ccccc12. The molecule has 0 bridgehead atoms. The molecule has 0 aliphatic carbocycles. The Bertz CT molecular complexity index is 351. The fourth-order valence-electron chi connectivity index (χ4n) is 0.945. The van der Waals surface area contributed by atoms with Gasteiger partial charge in [-0.25, -0.2) is 0 Å². The zero-order valence-electron chi connectivity index (χ0n) is 5.17. The van der Waals surface area contributed by atoms with E-state index in [2.05, 4.69) is 6.07 Å². The summed E-state index contributed by atoms with van der Waals surface area (Å²) >= 11 is 7.56. The van der Waals surface area contributed by atoms with Crippen molar-refractivity contribution in [2.45, 2.75) is 0 Å². The Morgan fingerprint density at radius 3 is 2.80 bits per heavy atom. The van der Waals surface area contributed by atoms with Crippen molar-refractivity contribution in [2.75, 3.05) is 0 Å². The van der Waals surface area contributed by atoms with Gasteiger partial charge in [-0.3, -0.25) is 0 Å². The summed E-state index contributed by atoms with van der Waals surface area (Å²) in [6.07, 6.45) is 0. The van der Waals surface area contributed by atoms with Gasteiger partial charge in [-0.2, -0.15) is 0 Å². The second-order valence-electron chi connectivity index (χ2n) is 2.08. The third-order valence-electron chi connectivity index (χ3n) is 1.43. The van der Waals surface area contributed by atoms with Gasteiger partial charge >= 0.3 is 0 Å². The van der Waals surface area contributed by atoms with E-state index in [4.69, 9.17) is 11.6 Å². The lowest BCUT2D eigenvalue weighted by Gasteiger charge is -1.85. The molecule has 0 atom stereocenters. The quantitative estimate of drug-likeness (QED) is 0.565. The molecule has 0 fully saturated rings. The molecular weight excluding hydrogens is 164 g/mol. The predicted octanol–water partition coefficient (Wildman–Crippen LogP) is 3.55. The van der Waals surface area contributed by atoms with E-state index in [1.165, 1.54) is 4.70 Å². The Morgan fingerprint density at radius 1 is 1.20 bits per heavy atom. The molecule has 0 nitrogen and oxygen atoms in total. The monoisotopic (exact) mass is 168 g/mol. The lowest BCUT2D eigenvalue weighted by atomic mass is 10.3. The van der Waals surface area contributed by atoms with Crippen LogP contribution in [-0.4, -0.2) is 0 Å². The van der Waals surface area contributed by atoms with Crippen LogP contribution in [0.3, 0.4) is 0 Å². The zero-order chi connectivity index (χ0) is 6.97. The Balaban J connectivity index is 2.93. The molecule has 1 aromatic heterocycles. The number of thiophene rings is 1. The van der Waals surface area contributed by atoms with Crippen LogP contribution < -0.4 is 0 Å². The average Bonchev–Trinajstić information content (AvgIpc) is 2.34. The topological polar surface area (TPSA) is 0 Å².